The molecule has 1 aromatic rings. The number of hydrogen-bond donors (Lipinski definition) is 2. The highest BCUT2D eigenvalue weighted by molar-refractivity contribution is 5.97. The molecule has 1 unspecified atom stereocenters. The predicted octanol–water partition coefficient (Wildman–Crippen LogP) is 1.75. The molecule has 0 radical (unpaired) electrons. The molecule has 1 heterocycles. The van der Waals surface area contributed by atoms with Crippen molar-refractivity contribution in [2.45, 2.75) is 34.2 Å². The number of carboxylic acid groups (broad SMARTS) is 1. The minimum atomic E-state index is -1.10. The Morgan fingerprint density at radius 1 is 1.42 bits per heavy atom. The van der Waals surface area contributed by atoms with Crippen LogP contribution in [0.4, 0.5) is 0 Å². The fraction of sp³-hybridized carbons (Fsp3) is 0.500. The van der Waals surface area contributed by atoms with Crippen molar-refractivity contribution in [3.8, 4) is 0 Å². The Bertz CT molecular complexity index is 478. The molecule has 0 spiro atoms. The summed E-state index contributed by atoms with van der Waals surface area (Å²) in [7, 11) is 0. The first kappa shape index (κ1) is 15.1. The second kappa shape index (κ2) is 5.82. The predicted molar refractivity (Wildman–Crippen MR) is 71.4 cm³/mol. The van der Waals surface area contributed by atoms with E-state index in [1.54, 1.807) is 33.2 Å². The molecule has 0 saturated carbocycles. The summed E-state index contributed by atoms with van der Waals surface area (Å²) in [6, 6.07) is 1.81. The van der Waals surface area contributed by atoms with Crippen LogP contribution in [-0.4, -0.2) is 22.0 Å². The molecule has 0 aliphatic rings. The van der Waals surface area contributed by atoms with E-state index in [0.717, 1.165) is 11.1 Å². The van der Waals surface area contributed by atoms with Crippen molar-refractivity contribution in [2.75, 3.05) is 0 Å². The van der Waals surface area contributed by atoms with Crippen molar-refractivity contribution in [2.24, 2.45) is 11.3 Å². The minimum absolute atomic E-state index is 0.313. The van der Waals surface area contributed by atoms with Crippen molar-refractivity contribution < 1.29 is 14.7 Å². The Morgan fingerprint density at radius 3 is 2.53 bits per heavy atom. The Balaban J connectivity index is 2.74. The number of aryl methyl sites for hydroxylation is 1. The molecular weight excluding hydrogens is 244 g/mol. The second-order valence-corrected chi connectivity index (χ2v) is 5.66. The van der Waals surface area contributed by atoms with E-state index >= 15 is 0 Å². The third-order valence-electron chi connectivity index (χ3n) is 2.96. The monoisotopic (exact) mass is 264 g/mol. The fourth-order valence-electron chi connectivity index (χ4n) is 1.86. The highest BCUT2D eigenvalue weighted by Crippen LogP contribution is 2.26. The molecule has 104 valence electrons. The summed E-state index contributed by atoms with van der Waals surface area (Å²) in [6.45, 7) is 7.43. The van der Waals surface area contributed by atoms with Crippen molar-refractivity contribution in [3.63, 3.8) is 0 Å². The maximum Gasteiger partial charge on any atom is 0.316 e. The lowest BCUT2D eigenvalue weighted by Crippen LogP contribution is -2.42. The number of carbonyl (C=O) groups is 2. The van der Waals surface area contributed by atoms with E-state index < -0.39 is 23.2 Å². The molecule has 1 amide bonds. The fourth-order valence-corrected chi connectivity index (χ4v) is 1.86. The normalized spacial score (nSPS) is 12.8. The van der Waals surface area contributed by atoms with E-state index in [1.807, 2.05) is 13.0 Å². The zero-order valence-corrected chi connectivity index (χ0v) is 11.7. The second-order valence-electron chi connectivity index (χ2n) is 5.66. The van der Waals surface area contributed by atoms with Crippen molar-refractivity contribution in [3.05, 3.63) is 29.6 Å². The maximum atomic E-state index is 12.0. The zero-order chi connectivity index (χ0) is 14.6. The molecule has 5 heteroatoms. The van der Waals surface area contributed by atoms with Gasteiger partial charge in [-0.25, -0.2) is 0 Å². The van der Waals surface area contributed by atoms with Crippen LogP contribution in [0.1, 0.15) is 31.9 Å². The van der Waals surface area contributed by atoms with Crippen molar-refractivity contribution in [1.82, 2.24) is 10.3 Å². The molecule has 0 fully saturated rings. The highest BCUT2D eigenvalue weighted by atomic mass is 16.4. The van der Waals surface area contributed by atoms with Crippen LogP contribution < -0.4 is 5.32 Å². The molecule has 1 atom stereocenters. The van der Waals surface area contributed by atoms with Gasteiger partial charge < -0.3 is 10.4 Å². The van der Waals surface area contributed by atoms with Crippen LogP contribution in [0, 0.1) is 18.3 Å². The summed E-state index contributed by atoms with van der Waals surface area (Å²) in [5, 5.41) is 11.8. The number of aliphatic carboxylic acids is 1. The first-order valence-electron chi connectivity index (χ1n) is 6.13. The van der Waals surface area contributed by atoms with Gasteiger partial charge in [0.05, 0.1) is 0 Å². The number of hydrogen-bond acceptors (Lipinski definition) is 3. The summed E-state index contributed by atoms with van der Waals surface area (Å²) >= 11 is 0. The first-order valence-corrected chi connectivity index (χ1v) is 6.13. The summed E-state index contributed by atoms with van der Waals surface area (Å²) in [6.07, 6.45) is 3.35. The van der Waals surface area contributed by atoms with Gasteiger partial charge in [-0.2, -0.15) is 0 Å². The number of pyridine rings is 1. The Hall–Kier alpha value is -1.91. The Kier molecular flexibility index (Phi) is 4.64. The van der Waals surface area contributed by atoms with Crippen LogP contribution in [-0.2, 0) is 16.1 Å². The van der Waals surface area contributed by atoms with E-state index in [2.05, 4.69) is 10.3 Å². The molecule has 5 nitrogen and oxygen atoms in total. The lowest BCUT2D eigenvalue weighted by atomic mass is 9.80. The standard InChI is InChI=1S/C14H20N2O3/c1-9-7-15-6-5-10(9)8-16-12(17)11(13(18)19)14(2,3)4/h5-7,11H,8H2,1-4H3,(H,16,17)(H,18,19). The van der Waals surface area contributed by atoms with Gasteiger partial charge in [0.15, 0.2) is 0 Å². The molecule has 1 aromatic heterocycles. The van der Waals surface area contributed by atoms with Gasteiger partial charge in [0, 0.05) is 18.9 Å². The number of amides is 1. The van der Waals surface area contributed by atoms with Gasteiger partial charge in [-0.05, 0) is 29.5 Å². The third-order valence-corrected chi connectivity index (χ3v) is 2.96. The van der Waals surface area contributed by atoms with Crippen LogP contribution in [0.2, 0.25) is 0 Å². The lowest BCUT2D eigenvalue weighted by Gasteiger charge is -2.26. The summed E-state index contributed by atoms with van der Waals surface area (Å²) in [4.78, 5) is 27.2. The van der Waals surface area contributed by atoms with Gasteiger partial charge in [-0.3, -0.25) is 14.6 Å². The molecule has 2 N–H and O–H groups in total. The molecule has 0 saturated heterocycles. The zero-order valence-electron chi connectivity index (χ0n) is 11.7. The number of aromatic nitrogens is 1. The van der Waals surface area contributed by atoms with E-state index in [-0.39, 0.29) is 0 Å². The summed E-state index contributed by atoms with van der Waals surface area (Å²) in [5.74, 6) is -2.62. The van der Waals surface area contributed by atoms with E-state index in [9.17, 15) is 9.59 Å². The topological polar surface area (TPSA) is 79.3 Å². The van der Waals surface area contributed by atoms with Gasteiger partial charge in [0.25, 0.3) is 0 Å². The van der Waals surface area contributed by atoms with Crippen LogP contribution in [0.5, 0.6) is 0 Å². The number of nitrogens with zero attached hydrogens (tertiary/aromatic N) is 1. The van der Waals surface area contributed by atoms with Gasteiger partial charge >= 0.3 is 5.97 Å². The van der Waals surface area contributed by atoms with Gasteiger partial charge in [0.2, 0.25) is 5.91 Å². The Morgan fingerprint density at radius 2 is 2.05 bits per heavy atom. The maximum absolute atomic E-state index is 12.0. The van der Waals surface area contributed by atoms with Crippen LogP contribution in [0.15, 0.2) is 18.5 Å². The average molecular weight is 264 g/mol. The Labute approximate surface area is 113 Å². The molecule has 0 bridgehead atoms. The number of rotatable bonds is 4. The smallest absolute Gasteiger partial charge is 0.316 e. The number of nitrogens with one attached hydrogen (secondary N) is 1. The molecule has 1 rings (SSSR count). The first-order chi connectivity index (χ1) is 8.73. The average Bonchev–Trinajstić information content (AvgIpc) is 2.25. The molecule has 0 aromatic carbocycles. The summed E-state index contributed by atoms with van der Waals surface area (Å²) in [5.41, 5.74) is 1.27. The van der Waals surface area contributed by atoms with Crippen LogP contribution in [0.3, 0.4) is 0 Å². The largest absolute Gasteiger partial charge is 0.481 e. The van der Waals surface area contributed by atoms with E-state index in [1.165, 1.54) is 0 Å². The van der Waals surface area contributed by atoms with E-state index in [4.69, 9.17) is 5.11 Å². The molecule has 0 aliphatic heterocycles. The van der Waals surface area contributed by atoms with Gasteiger partial charge in [-0.15, -0.1) is 0 Å². The molecule has 0 aliphatic carbocycles. The van der Waals surface area contributed by atoms with Gasteiger partial charge in [0.1, 0.15) is 5.92 Å². The molecule has 19 heavy (non-hydrogen) atoms. The van der Waals surface area contributed by atoms with E-state index in [0.29, 0.717) is 6.54 Å². The quantitative estimate of drug-likeness (QED) is 0.812. The van der Waals surface area contributed by atoms with Gasteiger partial charge in [-0.1, -0.05) is 20.8 Å². The molecular formula is C14H20N2O3. The van der Waals surface area contributed by atoms with Crippen LogP contribution >= 0.6 is 0 Å². The highest BCUT2D eigenvalue weighted by Gasteiger charge is 2.37. The van der Waals surface area contributed by atoms with Crippen molar-refractivity contribution in [1.29, 1.82) is 0 Å². The number of carboxylic acids is 1. The SMILES string of the molecule is Cc1cnccc1CNC(=O)C(C(=O)O)C(C)(C)C. The lowest BCUT2D eigenvalue weighted by molar-refractivity contribution is -0.151. The van der Waals surface area contributed by atoms with Crippen molar-refractivity contribution >= 4 is 11.9 Å². The summed E-state index contributed by atoms with van der Waals surface area (Å²) < 4.78 is 0. The van der Waals surface area contributed by atoms with Crippen LogP contribution in [0.25, 0.3) is 0 Å². The third kappa shape index (κ3) is 4.05. The minimum Gasteiger partial charge on any atom is -0.481 e. The number of carbonyl (C=O) groups excluding carboxylic acids is 1.